The predicted octanol–water partition coefficient (Wildman–Crippen LogP) is 5.45. The molecular formula is C20H16BrF2N5O. The summed E-state index contributed by atoms with van der Waals surface area (Å²) in [4.78, 5) is 12.9. The molecule has 9 heteroatoms. The normalized spacial score (nSPS) is 11.4. The lowest BCUT2D eigenvalue weighted by Crippen LogP contribution is -2.15. The number of carbonyl (C=O) groups excluding carboxylic acids is 1. The SMILES string of the molecule is Cc1ccc(Br)c(C)c1C(=O)Nc1ccc2[nH]nc(-c3cnn(C(F)F)c3)c2c1. The minimum atomic E-state index is -2.72. The fraction of sp³-hybridized carbons (Fsp3) is 0.150. The van der Waals surface area contributed by atoms with Crippen LogP contribution in [0, 0.1) is 13.8 Å². The lowest BCUT2D eigenvalue weighted by Gasteiger charge is -2.12. The summed E-state index contributed by atoms with van der Waals surface area (Å²) in [7, 11) is 0. The van der Waals surface area contributed by atoms with Crippen molar-refractivity contribution in [2.24, 2.45) is 0 Å². The van der Waals surface area contributed by atoms with Crippen LogP contribution < -0.4 is 5.32 Å². The molecule has 0 aliphatic carbocycles. The Bertz CT molecular complexity index is 1230. The van der Waals surface area contributed by atoms with Crippen molar-refractivity contribution in [3.63, 3.8) is 0 Å². The van der Waals surface area contributed by atoms with Gasteiger partial charge in [0.15, 0.2) is 0 Å². The van der Waals surface area contributed by atoms with Gasteiger partial charge in [0.05, 0.1) is 11.7 Å². The number of hydrogen-bond acceptors (Lipinski definition) is 3. The van der Waals surface area contributed by atoms with Crippen LogP contribution in [0.5, 0.6) is 0 Å². The van der Waals surface area contributed by atoms with Crippen molar-refractivity contribution in [1.29, 1.82) is 0 Å². The molecule has 2 N–H and O–H groups in total. The van der Waals surface area contributed by atoms with Gasteiger partial charge in [-0.1, -0.05) is 22.0 Å². The molecule has 0 unspecified atom stereocenters. The highest BCUT2D eigenvalue weighted by Gasteiger charge is 2.17. The van der Waals surface area contributed by atoms with E-state index in [1.54, 1.807) is 18.2 Å². The first-order chi connectivity index (χ1) is 13.8. The van der Waals surface area contributed by atoms with E-state index in [0.717, 1.165) is 21.1 Å². The third-order valence-electron chi connectivity index (χ3n) is 4.73. The van der Waals surface area contributed by atoms with Gasteiger partial charge in [-0.3, -0.25) is 9.89 Å². The number of amides is 1. The summed E-state index contributed by atoms with van der Waals surface area (Å²) in [5, 5.41) is 14.3. The summed E-state index contributed by atoms with van der Waals surface area (Å²) < 4.78 is 27.1. The molecule has 148 valence electrons. The maximum Gasteiger partial charge on any atom is 0.333 e. The molecule has 1 amide bonds. The molecule has 2 heterocycles. The van der Waals surface area contributed by atoms with E-state index >= 15 is 0 Å². The van der Waals surface area contributed by atoms with Gasteiger partial charge >= 0.3 is 6.55 Å². The quantitative estimate of drug-likeness (QED) is 0.425. The molecule has 2 aromatic heterocycles. The standard InChI is InChI=1S/C20H16BrF2N5O/c1-10-3-5-15(21)11(2)17(10)19(29)25-13-4-6-16-14(7-13)18(27-26-16)12-8-24-28(9-12)20(22)23/h3-9,20H,1-2H3,(H,25,29)(H,26,27). The van der Waals surface area contributed by atoms with Crippen molar-refractivity contribution in [1.82, 2.24) is 20.0 Å². The molecule has 4 rings (SSSR count). The van der Waals surface area contributed by atoms with Gasteiger partial charge in [-0.05, 0) is 49.2 Å². The number of aromatic amines is 1. The molecule has 0 saturated heterocycles. The molecule has 2 aromatic carbocycles. The minimum absolute atomic E-state index is 0.226. The van der Waals surface area contributed by atoms with E-state index in [9.17, 15) is 13.6 Å². The van der Waals surface area contributed by atoms with Crippen LogP contribution in [0.1, 0.15) is 28.0 Å². The molecule has 0 radical (unpaired) electrons. The van der Waals surface area contributed by atoms with E-state index in [-0.39, 0.29) is 5.91 Å². The fourth-order valence-electron chi connectivity index (χ4n) is 3.24. The van der Waals surface area contributed by atoms with E-state index < -0.39 is 6.55 Å². The number of aryl methyl sites for hydroxylation is 1. The second-order valence-corrected chi connectivity index (χ2v) is 7.49. The maximum atomic E-state index is 12.9. The number of anilines is 1. The highest BCUT2D eigenvalue weighted by Crippen LogP contribution is 2.30. The summed E-state index contributed by atoms with van der Waals surface area (Å²) in [5.41, 5.74) is 4.56. The lowest BCUT2D eigenvalue weighted by molar-refractivity contribution is 0.0566. The van der Waals surface area contributed by atoms with Gasteiger partial charge in [0.1, 0.15) is 5.69 Å². The van der Waals surface area contributed by atoms with E-state index in [1.165, 1.54) is 12.4 Å². The molecule has 6 nitrogen and oxygen atoms in total. The van der Waals surface area contributed by atoms with Crippen molar-refractivity contribution in [3.05, 3.63) is 63.9 Å². The number of benzene rings is 2. The average molecular weight is 460 g/mol. The molecule has 0 saturated carbocycles. The number of aromatic nitrogens is 4. The molecule has 0 spiro atoms. The zero-order valence-electron chi connectivity index (χ0n) is 15.5. The van der Waals surface area contributed by atoms with Gasteiger partial charge < -0.3 is 5.32 Å². The lowest BCUT2D eigenvalue weighted by atomic mass is 10.0. The van der Waals surface area contributed by atoms with Crippen molar-refractivity contribution >= 4 is 38.4 Å². The third-order valence-corrected chi connectivity index (χ3v) is 5.59. The average Bonchev–Trinajstić information content (AvgIpc) is 3.31. The first-order valence-electron chi connectivity index (χ1n) is 8.73. The summed E-state index contributed by atoms with van der Waals surface area (Å²) in [6, 6.07) is 9.08. The van der Waals surface area contributed by atoms with E-state index in [4.69, 9.17) is 0 Å². The van der Waals surface area contributed by atoms with Gasteiger partial charge in [0, 0.05) is 32.9 Å². The van der Waals surface area contributed by atoms with Crippen LogP contribution in [-0.2, 0) is 0 Å². The topological polar surface area (TPSA) is 75.6 Å². The van der Waals surface area contributed by atoms with Crippen molar-refractivity contribution < 1.29 is 13.6 Å². The zero-order chi connectivity index (χ0) is 20.7. The maximum absolute atomic E-state index is 12.9. The number of nitrogens with zero attached hydrogens (tertiary/aromatic N) is 3. The highest BCUT2D eigenvalue weighted by atomic mass is 79.9. The number of halogens is 3. The third kappa shape index (κ3) is 3.53. The zero-order valence-corrected chi connectivity index (χ0v) is 17.1. The summed E-state index contributed by atoms with van der Waals surface area (Å²) >= 11 is 3.46. The van der Waals surface area contributed by atoms with Crippen LogP contribution in [0.4, 0.5) is 14.5 Å². The van der Waals surface area contributed by atoms with Crippen molar-refractivity contribution in [3.8, 4) is 11.3 Å². The van der Waals surface area contributed by atoms with Gasteiger partial charge in [0.25, 0.3) is 5.91 Å². The van der Waals surface area contributed by atoms with Crippen molar-refractivity contribution in [2.75, 3.05) is 5.32 Å². The summed E-state index contributed by atoms with van der Waals surface area (Å²) in [6.45, 7) is 1.04. The first-order valence-corrected chi connectivity index (χ1v) is 9.52. The second-order valence-electron chi connectivity index (χ2n) is 6.64. The van der Waals surface area contributed by atoms with Crippen LogP contribution in [0.25, 0.3) is 22.2 Å². The van der Waals surface area contributed by atoms with Crippen LogP contribution >= 0.6 is 15.9 Å². The number of alkyl halides is 2. The number of fused-ring (bicyclic) bond motifs is 1. The molecule has 0 atom stereocenters. The number of carbonyl (C=O) groups is 1. The Morgan fingerprint density at radius 2 is 2.03 bits per heavy atom. The van der Waals surface area contributed by atoms with Gasteiger partial charge in [-0.25, -0.2) is 4.68 Å². The minimum Gasteiger partial charge on any atom is -0.322 e. The Hall–Kier alpha value is -3.07. The summed E-state index contributed by atoms with van der Waals surface area (Å²) in [6.07, 6.45) is 2.57. The Labute approximate surface area is 173 Å². The van der Waals surface area contributed by atoms with Gasteiger partial charge in [-0.15, -0.1) is 0 Å². The van der Waals surface area contributed by atoms with E-state index in [1.807, 2.05) is 26.0 Å². The number of H-pyrrole nitrogens is 1. The Balaban J connectivity index is 1.69. The predicted molar refractivity (Wildman–Crippen MR) is 110 cm³/mol. The largest absolute Gasteiger partial charge is 0.333 e. The Morgan fingerprint density at radius 1 is 1.24 bits per heavy atom. The summed E-state index contributed by atoms with van der Waals surface area (Å²) in [5.74, 6) is -0.226. The number of hydrogen-bond donors (Lipinski definition) is 2. The smallest absolute Gasteiger partial charge is 0.322 e. The molecule has 0 aliphatic heterocycles. The van der Waals surface area contributed by atoms with Crippen molar-refractivity contribution in [2.45, 2.75) is 20.4 Å². The van der Waals surface area contributed by atoms with Gasteiger partial charge in [-0.2, -0.15) is 19.0 Å². The molecule has 0 fully saturated rings. The molecule has 4 aromatic rings. The fourth-order valence-corrected chi connectivity index (χ4v) is 3.57. The van der Waals surface area contributed by atoms with Crippen LogP contribution in [0.3, 0.4) is 0 Å². The highest BCUT2D eigenvalue weighted by molar-refractivity contribution is 9.10. The van der Waals surface area contributed by atoms with E-state index in [2.05, 4.69) is 36.5 Å². The van der Waals surface area contributed by atoms with Gasteiger partial charge in [0.2, 0.25) is 0 Å². The van der Waals surface area contributed by atoms with Crippen LogP contribution in [0.15, 0.2) is 47.2 Å². The Kier molecular flexibility index (Phi) is 4.91. The molecular weight excluding hydrogens is 444 g/mol. The van der Waals surface area contributed by atoms with E-state index in [0.29, 0.717) is 32.6 Å². The van der Waals surface area contributed by atoms with Crippen LogP contribution in [0.2, 0.25) is 0 Å². The Morgan fingerprint density at radius 3 is 2.76 bits per heavy atom. The molecule has 0 bridgehead atoms. The first kappa shape index (κ1) is 19.3. The number of rotatable bonds is 4. The molecule has 29 heavy (non-hydrogen) atoms. The number of nitrogens with one attached hydrogen (secondary N) is 2. The van der Waals surface area contributed by atoms with Crippen LogP contribution in [-0.4, -0.2) is 25.9 Å². The molecule has 0 aliphatic rings. The monoisotopic (exact) mass is 459 g/mol. The second kappa shape index (κ2) is 7.40.